The molecule has 1 heterocycles. The molecule has 4 heteroatoms. The average molecular weight is 308 g/mol. The molecule has 0 N–H and O–H groups in total. The van der Waals surface area contributed by atoms with E-state index in [4.69, 9.17) is 11.6 Å². The molecule has 3 rings (SSSR count). The number of halogens is 3. The first-order valence-corrected chi connectivity index (χ1v) is 7.54. The second-order valence-electron chi connectivity index (χ2n) is 5.43. The van der Waals surface area contributed by atoms with Crippen molar-refractivity contribution in [2.75, 3.05) is 11.4 Å². The molecule has 0 atom stereocenters. The predicted octanol–water partition coefficient (Wildman–Crippen LogP) is 5.10. The van der Waals surface area contributed by atoms with Gasteiger partial charge in [-0.2, -0.15) is 0 Å². The van der Waals surface area contributed by atoms with Crippen molar-refractivity contribution in [1.29, 1.82) is 0 Å². The number of hydrogen-bond donors (Lipinski definition) is 0. The van der Waals surface area contributed by atoms with Crippen molar-refractivity contribution in [3.8, 4) is 0 Å². The van der Waals surface area contributed by atoms with Gasteiger partial charge >= 0.3 is 0 Å². The molecule has 0 fully saturated rings. The third-order valence-electron chi connectivity index (χ3n) is 3.85. The number of hydrogen-bond acceptors (Lipinski definition) is 1. The van der Waals surface area contributed by atoms with Crippen molar-refractivity contribution in [1.82, 2.24) is 0 Å². The molecule has 1 nitrogen and oxygen atoms in total. The number of anilines is 2. The Labute approximate surface area is 128 Å². The summed E-state index contributed by atoms with van der Waals surface area (Å²) in [5.74, 6) is -1.01. The number of nitrogens with zero attached hydrogens (tertiary/aromatic N) is 1. The van der Waals surface area contributed by atoms with E-state index in [-0.39, 0.29) is 11.6 Å². The number of alkyl halides is 1. The van der Waals surface area contributed by atoms with Crippen molar-refractivity contribution in [3.63, 3.8) is 0 Å². The number of benzene rings is 2. The number of aryl methyl sites for hydroxylation is 2. The highest BCUT2D eigenvalue weighted by Gasteiger charge is 2.24. The van der Waals surface area contributed by atoms with E-state index in [1.807, 2.05) is 19.1 Å². The van der Waals surface area contributed by atoms with Crippen molar-refractivity contribution >= 4 is 23.0 Å². The van der Waals surface area contributed by atoms with Crippen LogP contribution in [0, 0.1) is 18.6 Å². The molecule has 0 saturated carbocycles. The quantitative estimate of drug-likeness (QED) is 0.698. The van der Waals surface area contributed by atoms with E-state index >= 15 is 0 Å². The lowest BCUT2D eigenvalue weighted by Gasteiger charge is -2.32. The van der Waals surface area contributed by atoms with Crippen LogP contribution in [0.25, 0.3) is 0 Å². The summed E-state index contributed by atoms with van der Waals surface area (Å²) in [5, 5.41) is 0. The standard InChI is InChI=1S/C17H16ClF2N/c1-11-4-5-16-13(7-11)3-2-6-21(16)17-14(19)8-12(10-18)9-15(17)20/h4-5,7-9H,2-3,6,10H2,1H3. The van der Waals surface area contributed by atoms with Gasteiger partial charge in [-0.3, -0.25) is 0 Å². The van der Waals surface area contributed by atoms with Gasteiger partial charge in [-0.05, 0) is 49.1 Å². The summed E-state index contributed by atoms with van der Waals surface area (Å²) in [4.78, 5) is 1.74. The summed E-state index contributed by atoms with van der Waals surface area (Å²) in [6.07, 6.45) is 1.82. The van der Waals surface area contributed by atoms with E-state index < -0.39 is 11.6 Å². The first-order valence-electron chi connectivity index (χ1n) is 7.01. The van der Waals surface area contributed by atoms with Crippen LogP contribution in [0.15, 0.2) is 30.3 Å². The van der Waals surface area contributed by atoms with Gasteiger partial charge in [0.05, 0.1) is 0 Å². The van der Waals surface area contributed by atoms with Gasteiger partial charge in [0, 0.05) is 18.1 Å². The molecule has 2 aromatic carbocycles. The fraction of sp³-hybridized carbons (Fsp3) is 0.294. The smallest absolute Gasteiger partial charge is 0.150 e. The van der Waals surface area contributed by atoms with Crippen LogP contribution in [0.5, 0.6) is 0 Å². The highest BCUT2D eigenvalue weighted by atomic mass is 35.5. The minimum atomic E-state index is -0.556. The lowest BCUT2D eigenvalue weighted by atomic mass is 9.98. The van der Waals surface area contributed by atoms with Gasteiger partial charge in [0.2, 0.25) is 0 Å². The van der Waals surface area contributed by atoms with E-state index in [9.17, 15) is 8.78 Å². The zero-order valence-corrected chi connectivity index (χ0v) is 12.6. The van der Waals surface area contributed by atoms with Gasteiger partial charge < -0.3 is 4.90 Å². The first-order chi connectivity index (χ1) is 10.1. The zero-order chi connectivity index (χ0) is 15.0. The Morgan fingerprint density at radius 2 is 1.86 bits per heavy atom. The summed E-state index contributed by atoms with van der Waals surface area (Å²) in [6, 6.07) is 8.63. The topological polar surface area (TPSA) is 3.24 Å². The van der Waals surface area contributed by atoms with Gasteiger partial charge in [0.25, 0.3) is 0 Å². The van der Waals surface area contributed by atoms with Crippen molar-refractivity contribution in [3.05, 3.63) is 58.7 Å². The lowest BCUT2D eigenvalue weighted by molar-refractivity contribution is 0.574. The van der Waals surface area contributed by atoms with Crippen LogP contribution in [0.3, 0.4) is 0 Å². The SMILES string of the molecule is Cc1ccc2c(c1)CCCN2c1c(F)cc(CCl)cc1F. The Bertz CT molecular complexity index is 661. The summed E-state index contributed by atoms with van der Waals surface area (Å²) in [5.41, 5.74) is 3.67. The number of rotatable bonds is 2. The second kappa shape index (κ2) is 5.64. The fourth-order valence-corrected chi connectivity index (χ4v) is 3.07. The molecule has 2 aromatic rings. The number of fused-ring (bicyclic) bond motifs is 1. The maximum Gasteiger partial charge on any atom is 0.150 e. The first kappa shape index (κ1) is 14.3. The minimum absolute atomic E-state index is 0.0219. The molecule has 1 aliphatic rings. The summed E-state index contributed by atoms with van der Waals surface area (Å²) in [7, 11) is 0. The van der Waals surface area contributed by atoms with Crippen LogP contribution in [-0.2, 0) is 12.3 Å². The van der Waals surface area contributed by atoms with E-state index in [0.29, 0.717) is 12.1 Å². The molecule has 0 aromatic heterocycles. The van der Waals surface area contributed by atoms with Gasteiger partial charge in [-0.15, -0.1) is 11.6 Å². The summed E-state index contributed by atoms with van der Waals surface area (Å²) < 4.78 is 28.6. The predicted molar refractivity (Wildman–Crippen MR) is 82.4 cm³/mol. The molecule has 0 aliphatic carbocycles. The van der Waals surface area contributed by atoms with Crippen LogP contribution >= 0.6 is 11.6 Å². The van der Waals surface area contributed by atoms with Crippen molar-refractivity contribution in [2.24, 2.45) is 0 Å². The maximum absolute atomic E-state index is 14.3. The molecule has 0 bridgehead atoms. The van der Waals surface area contributed by atoms with Crippen LogP contribution in [0.4, 0.5) is 20.2 Å². The van der Waals surface area contributed by atoms with E-state index in [2.05, 4.69) is 6.07 Å². The minimum Gasteiger partial charge on any atom is -0.336 e. The molecule has 0 radical (unpaired) electrons. The van der Waals surface area contributed by atoms with E-state index in [0.717, 1.165) is 29.7 Å². The highest BCUT2D eigenvalue weighted by molar-refractivity contribution is 6.17. The second-order valence-corrected chi connectivity index (χ2v) is 5.70. The van der Waals surface area contributed by atoms with E-state index in [1.165, 1.54) is 12.1 Å². The normalized spacial score (nSPS) is 14.2. The van der Waals surface area contributed by atoms with Crippen LogP contribution in [0.2, 0.25) is 0 Å². The van der Waals surface area contributed by atoms with E-state index in [1.54, 1.807) is 4.90 Å². The summed E-state index contributed by atoms with van der Waals surface area (Å²) in [6.45, 7) is 2.64. The molecule has 0 amide bonds. The zero-order valence-electron chi connectivity index (χ0n) is 11.8. The molecule has 110 valence electrons. The molecule has 0 unspecified atom stereocenters. The fourth-order valence-electron chi connectivity index (χ4n) is 2.91. The third-order valence-corrected chi connectivity index (χ3v) is 4.16. The third kappa shape index (κ3) is 2.62. The van der Waals surface area contributed by atoms with Gasteiger partial charge in [0.1, 0.15) is 17.3 Å². The van der Waals surface area contributed by atoms with Crippen molar-refractivity contribution < 1.29 is 8.78 Å². The van der Waals surface area contributed by atoms with Gasteiger partial charge in [-0.25, -0.2) is 8.78 Å². The molecule has 21 heavy (non-hydrogen) atoms. The van der Waals surface area contributed by atoms with Crippen LogP contribution < -0.4 is 4.90 Å². The highest BCUT2D eigenvalue weighted by Crippen LogP contribution is 2.37. The Morgan fingerprint density at radius 1 is 1.14 bits per heavy atom. The van der Waals surface area contributed by atoms with Gasteiger partial charge in [-0.1, -0.05) is 17.7 Å². The molecular weight excluding hydrogens is 292 g/mol. The average Bonchev–Trinajstić information content (AvgIpc) is 2.46. The maximum atomic E-state index is 14.3. The Morgan fingerprint density at radius 3 is 2.52 bits per heavy atom. The Hall–Kier alpha value is -1.61. The summed E-state index contributed by atoms with van der Waals surface area (Å²) >= 11 is 5.66. The largest absolute Gasteiger partial charge is 0.336 e. The Balaban J connectivity index is 2.11. The molecule has 1 aliphatic heterocycles. The lowest BCUT2D eigenvalue weighted by Crippen LogP contribution is -2.26. The molecular formula is C17H16ClF2N. The molecule has 0 spiro atoms. The van der Waals surface area contributed by atoms with Crippen LogP contribution in [-0.4, -0.2) is 6.54 Å². The Kier molecular flexibility index (Phi) is 3.85. The van der Waals surface area contributed by atoms with Gasteiger partial charge in [0.15, 0.2) is 0 Å². The van der Waals surface area contributed by atoms with Crippen molar-refractivity contribution in [2.45, 2.75) is 25.6 Å². The van der Waals surface area contributed by atoms with Crippen LogP contribution in [0.1, 0.15) is 23.1 Å². The molecule has 0 saturated heterocycles. The monoisotopic (exact) mass is 307 g/mol.